The van der Waals surface area contributed by atoms with Crippen LogP contribution in [0, 0.1) is 11.8 Å². The van der Waals surface area contributed by atoms with E-state index in [-0.39, 0.29) is 6.10 Å². The third-order valence-corrected chi connectivity index (χ3v) is 5.08. The first kappa shape index (κ1) is 18.4. The summed E-state index contributed by atoms with van der Waals surface area (Å²) < 4.78 is 0. The molecule has 0 spiro atoms. The fourth-order valence-electron chi connectivity index (χ4n) is 3.45. The van der Waals surface area contributed by atoms with Crippen molar-refractivity contribution in [3.63, 3.8) is 0 Å². The molecule has 3 unspecified atom stereocenters. The van der Waals surface area contributed by atoms with Gasteiger partial charge in [-0.25, -0.2) is 0 Å². The van der Waals surface area contributed by atoms with Crippen molar-refractivity contribution < 1.29 is 5.11 Å². The van der Waals surface area contributed by atoms with Crippen LogP contribution < -0.4 is 5.32 Å². The van der Waals surface area contributed by atoms with Gasteiger partial charge in [-0.3, -0.25) is 4.90 Å². The molecule has 1 aliphatic heterocycles. The second kappa shape index (κ2) is 8.81. The van der Waals surface area contributed by atoms with Crippen LogP contribution in [0.5, 0.6) is 0 Å². The van der Waals surface area contributed by atoms with E-state index < -0.39 is 0 Å². The molecule has 0 radical (unpaired) electrons. The van der Waals surface area contributed by atoms with Crippen LogP contribution in [0.15, 0.2) is 30.3 Å². The van der Waals surface area contributed by atoms with Crippen molar-refractivity contribution in [3.05, 3.63) is 35.9 Å². The molecule has 3 nitrogen and oxygen atoms in total. The molecule has 1 aromatic rings. The summed E-state index contributed by atoms with van der Waals surface area (Å²) in [5, 5.41) is 14.0. The van der Waals surface area contributed by atoms with Crippen molar-refractivity contribution in [3.8, 4) is 0 Å². The average molecular weight is 319 g/mol. The number of aliphatic hydroxyl groups excluding tert-OH is 1. The number of benzene rings is 1. The molecule has 1 heterocycles. The second-order valence-corrected chi connectivity index (χ2v) is 7.76. The lowest BCUT2D eigenvalue weighted by molar-refractivity contribution is 0.0516. The standard InChI is InChI=1S/C20H34N2O/c1-15(2)20(23)11-18-10-19(14-22(13-18)16(3)4)21-12-17-8-6-5-7-9-17/h5-9,15-16,18-21,23H,10-14H2,1-4H3. The highest BCUT2D eigenvalue weighted by molar-refractivity contribution is 5.14. The van der Waals surface area contributed by atoms with Crippen LogP contribution in [0.3, 0.4) is 0 Å². The number of likely N-dealkylation sites (tertiary alicyclic amines) is 1. The van der Waals surface area contributed by atoms with Gasteiger partial charge in [0.2, 0.25) is 0 Å². The Hall–Kier alpha value is -0.900. The van der Waals surface area contributed by atoms with E-state index in [0.29, 0.717) is 23.9 Å². The number of hydrogen-bond donors (Lipinski definition) is 2. The summed E-state index contributed by atoms with van der Waals surface area (Å²) in [7, 11) is 0. The molecule has 0 amide bonds. The van der Waals surface area contributed by atoms with Crippen LogP contribution in [-0.4, -0.2) is 41.3 Å². The summed E-state index contributed by atoms with van der Waals surface area (Å²) in [6.07, 6.45) is 1.91. The summed E-state index contributed by atoms with van der Waals surface area (Å²) in [6, 6.07) is 11.7. The van der Waals surface area contributed by atoms with E-state index in [1.807, 2.05) is 0 Å². The fraction of sp³-hybridized carbons (Fsp3) is 0.700. The van der Waals surface area contributed by atoms with E-state index >= 15 is 0 Å². The maximum Gasteiger partial charge on any atom is 0.0566 e. The predicted octanol–water partition coefficient (Wildman–Crippen LogP) is 3.28. The highest BCUT2D eigenvalue weighted by atomic mass is 16.3. The quantitative estimate of drug-likeness (QED) is 0.810. The van der Waals surface area contributed by atoms with E-state index in [2.05, 4.69) is 68.2 Å². The summed E-state index contributed by atoms with van der Waals surface area (Å²) in [4.78, 5) is 2.56. The first-order valence-corrected chi connectivity index (χ1v) is 9.15. The van der Waals surface area contributed by atoms with Crippen LogP contribution in [0.4, 0.5) is 0 Å². The molecule has 1 aliphatic rings. The fourth-order valence-corrected chi connectivity index (χ4v) is 3.45. The highest BCUT2D eigenvalue weighted by Crippen LogP contribution is 2.25. The van der Waals surface area contributed by atoms with Crippen LogP contribution >= 0.6 is 0 Å². The van der Waals surface area contributed by atoms with E-state index in [9.17, 15) is 5.11 Å². The Morgan fingerprint density at radius 1 is 1.13 bits per heavy atom. The van der Waals surface area contributed by atoms with Crippen LogP contribution in [0.1, 0.15) is 46.1 Å². The van der Waals surface area contributed by atoms with Crippen molar-refractivity contribution in [1.82, 2.24) is 10.2 Å². The van der Waals surface area contributed by atoms with Gasteiger partial charge in [-0.1, -0.05) is 44.2 Å². The van der Waals surface area contributed by atoms with Crippen molar-refractivity contribution in [2.24, 2.45) is 11.8 Å². The largest absolute Gasteiger partial charge is 0.393 e. The van der Waals surface area contributed by atoms with E-state index in [1.54, 1.807) is 0 Å². The van der Waals surface area contributed by atoms with Crippen LogP contribution in [0.25, 0.3) is 0 Å². The average Bonchev–Trinajstić information content (AvgIpc) is 2.53. The van der Waals surface area contributed by atoms with Crippen LogP contribution in [-0.2, 0) is 6.54 Å². The molecular weight excluding hydrogens is 284 g/mol. The van der Waals surface area contributed by atoms with Crippen molar-refractivity contribution in [1.29, 1.82) is 0 Å². The minimum atomic E-state index is -0.179. The van der Waals surface area contributed by atoms with Gasteiger partial charge in [0.1, 0.15) is 0 Å². The molecule has 1 saturated heterocycles. The highest BCUT2D eigenvalue weighted by Gasteiger charge is 2.30. The molecular formula is C20H34N2O. The van der Waals surface area contributed by atoms with Crippen molar-refractivity contribution >= 4 is 0 Å². The summed E-state index contributed by atoms with van der Waals surface area (Å²) in [5.41, 5.74) is 1.34. The number of rotatable bonds is 7. The first-order valence-electron chi connectivity index (χ1n) is 9.15. The smallest absolute Gasteiger partial charge is 0.0566 e. The molecule has 0 aromatic heterocycles. The van der Waals surface area contributed by atoms with E-state index in [1.165, 1.54) is 12.0 Å². The molecule has 130 valence electrons. The molecule has 3 atom stereocenters. The first-order chi connectivity index (χ1) is 11.0. The van der Waals surface area contributed by atoms with E-state index in [4.69, 9.17) is 0 Å². The lowest BCUT2D eigenvalue weighted by atomic mass is 9.86. The monoisotopic (exact) mass is 318 g/mol. The Labute approximate surface area is 142 Å². The topological polar surface area (TPSA) is 35.5 Å². The number of piperidine rings is 1. The Balaban J connectivity index is 1.92. The normalized spacial score (nSPS) is 24.3. The summed E-state index contributed by atoms with van der Waals surface area (Å²) in [5.74, 6) is 0.928. The Kier molecular flexibility index (Phi) is 7.07. The lowest BCUT2D eigenvalue weighted by Crippen LogP contribution is -2.51. The Morgan fingerprint density at radius 2 is 1.83 bits per heavy atom. The maximum atomic E-state index is 10.3. The number of aliphatic hydroxyl groups is 1. The minimum Gasteiger partial charge on any atom is -0.393 e. The summed E-state index contributed by atoms with van der Waals surface area (Å²) in [6.45, 7) is 11.9. The zero-order valence-corrected chi connectivity index (χ0v) is 15.2. The van der Waals surface area contributed by atoms with Gasteiger partial charge >= 0.3 is 0 Å². The van der Waals surface area contributed by atoms with Crippen molar-refractivity contribution in [2.45, 2.75) is 65.3 Å². The van der Waals surface area contributed by atoms with Gasteiger partial charge in [-0.15, -0.1) is 0 Å². The van der Waals surface area contributed by atoms with Crippen molar-refractivity contribution in [2.75, 3.05) is 13.1 Å². The van der Waals surface area contributed by atoms with Gasteiger partial charge in [-0.2, -0.15) is 0 Å². The van der Waals surface area contributed by atoms with Crippen LogP contribution in [0.2, 0.25) is 0 Å². The zero-order chi connectivity index (χ0) is 16.8. The molecule has 1 aromatic carbocycles. The van der Waals surface area contributed by atoms with Gasteiger partial charge in [-0.05, 0) is 44.1 Å². The Bertz CT molecular complexity index is 444. The van der Waals surface area contributed by atoms with Gasteiger partial charge in [0.25, 0.3) is 0 Å². The van der Waals surface area contributed by atoms with Gasteiger partial charge in [0.15, 0.2) is 0 Å². The molecule has 0 bridgehead atoms. The Morgan fingerprint density at radius 3 is 2.43 bits per heavy atom. The van der Waals surface area contributed by atoms with Gasteiger partial charge < -0.3 is 10.4 Å². The molecule has 2 rings (SSSR count). The molecule has 0 aliphatic carbocycles. The van der Waals surface area contributed by atoms with E-state index in [0.717, 1.165) is 26.1 Å². The number of nitrogens with one attached hydrogen (secondary N) is 1. The third kappa shape index (κ3) is 5.91. The predicted molar refractivity (Wildman–Crippen MR) is 97.3 cm³/mol. The molecule has 3 heteroatoms. The number of hydrogen-bond acceptors (Lipinski definition) is 3. The molecule has 0 saturated carbocycles. The van der Waals surface area contributed by atoms with Gasteiger partial charge in [0, 0.05) is 31.7 Å². The van der Waals surface area contributed by atoms with Gasteiger partial charge in [0.05, 0.1) is 6.10 Å². The zero-order valence-electron chi connectivity index (χ0n) is 15.2. The molecule has 1 fully saturated rings. The minimum absolute atomic E-state index is 0.179. The molecule has 23 heavy (non-hydrogen) atoms. The number of nitrogens with zero attached hydrogens (tertiary/aromatic N) is 1. The second-order valence-electron chi connectivity index (χ2n) is 7.76. The molecule has 2 N–H and O–H groups in total. The lowest BCUT2D eigenvalue weighted by Gasteiger charge is -2.41. The summed E-state index contributed by atoms with van der Waals surface area (Å²) >= 11 is 0. The maximum absolute atomic E-state index is 10.3. The third-order valence-electron chi connectivity index (χ3n) is 5.08. The SMILES string of the molecule is CC(C)C(O)CC1CC(NCc2ccccc2)CN(C(C)C)C1.